The van der Waals surface area contributed by atoms with Crippen LogP contribution in [0.3, 0.4) is 0 Å². The van der Waals surface area contributed by atoms with Crippen LogP contribution in [-0.2, 0) is 25.5 Å². The monoisotopic (exact) mass is 303 g/mol. The molecule has 0 aromatic heterocycles. The summed E-state index contributed by atoms with van der Waals surface area (Å²) < 4.78 is 73.1. The van der Waals surface area contributed by atoms with Gasteiger partial charge in [-0.2, -0.15) is 13.2 Å². The largest absolute Gasteiger partial charge is 0.695 e. The molecule has 0 heterocycles. The quantitative estimate of drug-likeness (QED) is 0.862. The summed E-state index contributed by atoms with van der Waals surface area (Å²) in [6.45, 7) is -0.307. The molecule has 1 aromatic rings. The van der Waals surface area contributed by atoms with E-state index in [1.54, 1.807) is 0 Å². The maximum Gasteiger partial charge on any atom is 0.695 e. The van der Waals surface area contributed by atoms with Crippen molar-refractivity contribution in [3.63, 3.8) is 0 Å². The first-order valence-electron chi connectivity index (χ1n) is 4.34. The van der Waals surface area contributed by atoms with Crippen LogP contribution in [0.2, 0.25) is 0 Å². The average Bonchev–Trinajstić information content (AvgIpc) is 2.25. The summed E-state index contributed by atoms with van der Waals surface area (Å²) in [4.78, 5) is 7.45. The summed E-state index contributed by atoms with van der Waals surface area (Å²) >= 11 is 0. The van der Waals surface area contributed by atoms with Crippen LogP contribution in [0.5, 0.6) is 0 Å². The van der Waals surface area contributed by atoms with E-state index in [-0.39, 0.29) is 12.2 Å². The van der Waals surface area contributed by atoms with Crippen molar-refractivity contribution in [2.75, 3.05) is 0 Å². The Morgan fingerprint density at radius 2 is 1.72 bits per heavy atom. The van der Waals surface area contributed by atoms with Gasteiger partial charge in [-0.05, 0) is 17.7 Å². The molecule has 0 fully saturated rings. The summed E-state index contributed by atoms with van der Waals surface area (Å²) in [5, 5.41) is 0. The van der Waals surface area contributed by atoms with E-state index in [0.29, 0.717) is 0 Å². The van der Waals surface area contributed by atoms with Crippen LogP contribution in [0.15, 0.2) is 29.2 Å². The predicted octanol–water partition coefficient (Wildman–Crippen LogP) is 2.15. The second-order valence-corrected chi connectivity index (χ2v) is 5.78. The van der Waals surface area contributed by atoms with Crippen LogP contribution in [0, 0.1) is 0 Å². The van der Waals surface area contributed by atoms with Crippen LogP contribution in [0.25, 0.3) is 0 Å². The SMILES string of the molecule is O=[P+](O)OCc1ccc(S(=O)(=O)C(F)(F)F)cc1. The first kappa shape index (κ1) is 15.0. The standard InChI is InChI=1S/C8H6F3O5PS/c9-8(10,11)18(14,15)7-3-1-6(2-4-7)5-16-17(12)13/h1-4H,5H2/p+1. The summed E-state index contributed by atoms with van der Waals surface area (Å²) in [6, 6.07) is 3.65. The highest BCUT2D eigenvalue weighted by Crippen LogP contribution is 2.30. The van der Waals surface area contributed by atoms with Gasteiger partial charge in [-0.1, -0.05) is 12.1 Å². The van der Waals surface area contributed by atoms with E-state index in [0.717, 1.165) is 24.3 Å². The molecule has 0 aliphatic carbocycles. The molecular weight excluding hydrogens is 296 g/mol. The summed E-state index contributed by atoms with van der Waals surface area (Å²) in [5.41, 5.74) is -5.09. The highest BCUT2D eigenvalue weighted by molar-refractivity contribution is 7.92. The van der Waals surface area contributed by atoms with Gasteiger partial charge >= 0.3 is 13.8 Å². The first-order valence-corrected chi connectivity index (χ1v) is 6.95. The zero-order valence-corrected chi connectivity index (χ0v) is 10.3. The lowest BCUT2D eigenvalue weighted by Crippen LogP contribution is -2.23. The van der Waals surface area contributed by atoms with Gasteiger partial charge in [0.15, 0.2) is 0 Å². The number of benzene rings is 1. The summed E-state index contributed by atoms with van der Waals surface area (Å²) in [5.74, 6) is 0. The molecule has 0 spiro atoms. The Bertz CT molecular complexity index is 537. The first-order chi connectivity index (χ1) is 8.14. The average molecular weight is 303 g/mol. The topological polar surface area (TPSA) is 80.7 Å². The molecule has 1 rings (SSSR count). The van der Waals surface area contributed by atoms with Crippen LogP contribution < -0.4 is 0 Å². The van der Waals surface area contributed by atoms with Gasteiger partial charge in [-0.15, -0.1) is 9.42 Å². The highest BCUT2D eigenvalue weighted by Gasteiger charge is 2.46. The minimum absolute atomic E-state index is 0.272. The van der Waals surface area contributed by atoms with E-state index in [1.165, 1.54) is 0 Å². The third-order valence-corrected chi connectivity index (χ3v) is 3.73. The molecule has 0 saturated heterocycles. The number of alkyl halides is 3. The minimum Gasteiger partial charge on any atom is -0.214 e. The van der Waals surface area contributed by atoms with Gasteiger partial charge in [0.25, 0.3) is 9.84 Å². The van der Waals surface area contributed by atoms with Gasteiger partial charge in [-0.3, -0.25) is 0 Å². The molecule has 0 radical (unpaired) electrons. The molecule has 0 bridgehead atoms. The van der Waals surface area contributed by atoms with Gasteiger partial charge < -0.3 is 0 Å². The third kappa shape index (κ3) is 3.49. The van der Waals surface area contributed by atoms with Crippen molar-refractivity contribution in [2.24, 2.45) is 0 Å². The molecule has 1 unspecified atom stereocenters. The van der Waals surface area contributed by atoms with E-state index in [9.17, 15) is 26.2 Å². The molecule has 0 aliphatic rings. The van der Waals surface area contributed by atoms with E-state index >= 15 is 0 Å². The minimum atomic E-state index is -5.37. The van der Waals surface area contributed by atoms with Crippen LogP contribution in [0.1, 0.15) is 5.56 Å². The lowest BCUT2D eigenvalue weighted by Gasteiger charge is -2.07. The highest BCUT2D eigenvalue weighted by atomic mass is 32.2. The lowest BCUT2D eigenvalue weighted by atomic mass is 10.2. The van der Waals surface area contributed by atoms with Crippen molar-refractivity contribution in [3.05, 3.63) is 29.8 Å². The molecule has 0 saturated carbocycles. The fraction of sp³-hybridized carbons (Fsp3) is 0.250. The maximum absolute atomic E-state index is 12.2. The molecule has 18 heavy (non-hydrogen) atoms. The summed E-state index contributed by atoms with van der Waals surface area (Å²) in [7, 11) is -8.19. The van der Waals surface area contributed by atoms with Crippen molar-refractivity contribution < 1.29 is 35.6 Å². The Morgan fingerprint density at radius 1 is 1.22 bits per heavy atom. The van der Waals surface area contributed by atoms with Gasteiger partial charge in [0.05, 0.1) is 4.90 Å². The lowest BCUT2D eigenvalue weighted by molar-refractivity contribution is -0.0436. The zero-order chi connectivity index (χ0) is 14.0. The Balaban J connectivity index is 2.93. The smallest absolute Gasteiger partial charge is 0.214 e. The number of sulfone groups is 1. The van der Waals surface area contributed by atoms with E-state index in [1.807, 2.05) is 0 Å². The third-order valence-electron chi connectivity index (χ3n) is 1.88. The number of hydrogen-bond donors (Lipinski definition) is 1. The zero-order valence-electron chi connectivity index (χ0n) is 8.59. The Labute approximate surface area is 101 Å². The van der Waals surface area contributed by atoms with Crippen LogP contribution in [-0.4, -0.2) is 18.8 Å². The predicted molar refractivity (Wildman–Crippen MR) is 54.3 cm³/mol. The Morgan fingerprint density at radius 3 is 2.11 bits per heavy atom. The van der Waals surface area contributed by atoms with Gasteiger partial charge in [0, 0.05) is 4.57 Å². The van der Waals surface area contributed by atoms with Gasteiger partial charge in [0.1, 0.15) is 6.61 Å². The van der Waals surface area contributed by atoms with Crippen LogP contribution >= 0.6 is 8.25 Å². The maximum atomic E-state index is 12.2. The number of rotatable bonds is 4. The molecule has 0 aliphatic heterocycles. The molecule has 1 aromatic carbocycles. The van der Waals surface area contributed by atoms with E-state index in [4.69, 9.17) is 4.89 Å². The number of hydrogen-bond acceptors (Lipinski definition) is 4. The van der Waals surface area contributed by atoms with Crippen molar-refractivity contribution >= 4 is 18.1 Å². The second kappa shape index (κ2) is 5.31. The normalized spacial score (nSPS) is 13.4. The summed E-state index contributed by atoms with van der Waals surface area (Å²) in [6.07, 6.45) is 0. The fourth-order valence-corrected chi connectivity index (χ4v) is 2.05. The van der Waals surface area contributed by atoms with Crippen molar-refractivity contribution in [3.8, 4) is 0 Å². The van der Waals surface area contributed by atoms with E-state index in [2.05, 4.69) is 4.52 Å². The fourth-order valence-electron chi connectivity index (χ4n) is 1.03. The molecule has 5 nitrogen and oxygen atoms in total. The van der Waals surface area contributed by atoms with Crippen molar-refractivity contribution in [2.45, 2.75) is 17.0 Å². The molecule has 0 amide bonds. The van der Waals surface area contributed by atoms with Crippen molar-refractivity contribution in [1.82, 2.24) is 0 Å². The molecular formula is C8H7F3O5PS+. The van der Waals surface area contributed by atoms with E-state index < -0.39 is 28.5 Å². The molecule has 10 heteroatoms. The van der Waals surface area contributed by atoms with Crippen molar-refractivity contribution in [1.29, 1.82) is 0 Å². The van der Waals surface area contributed by atoms with Gasteiger partial charge in [-0.25, -0.2) is 8.42 Å². The molecule has 100 valence electrons. The number of halogens is 3. The van der Waals surface area contributed by atoms with Gasteiger partial charge in [0.2, 0.25) is 0 Å². The molecule has 1 N–H and O–H groups in total. The van der Waals surface area contributed by atoms with Crippen LogP contribution in [0.4, 0.5) is 13.2 Å². The Hall–Kier alpha value is -1.02. The Kier molecular flexibility index (Phi) is 4.44. The second-order valence-electron chi connectivity index (χ2n) is 3.10. The molecule has 1 atom stereocenters.